The number of hydrogen-bond acceptors (Lipinski definition) is 4. The molecule has 0 aliphatic carbocycles. The largest absolute Gasteiger partial charge is 0.354 e. The van der Waals surface area contributed by atoms with Gasteiger partial charge in [-0.25, -0.2) is 13.6 Å². The Morgan fingerprint density at radius 2 is 2.11 bits per heavy atom. The van der Waals surface area contributed by atoms with Gasteiger partial charge in [0.2, 0.25) is 21.8 Å². The van der Waals surface area contributed by atoms with E-state index in [1.54, 1.807) is 0 Å². The average molecular weight is 275 g/mol. The Morgan fingerprint density at radius 3 is 2.72 bits per heavy atom. The first-order valence-electron chi connectivity index (χ1n) is 5.94. The highest BCUT2D eigenvalue weighted by Crippen LogP contribution is 2.24. The molecule has 0 aromatic heterocycles. The number of hydrogen-bond donors (Lipinski definition) is 2. The van der Waals surface area contributed by atoms with Gasteiger partial charge in [0, 0.05) is 25.4 Å². The predicted octanol–water partition coefficient (Wildman–Crippen LogP) is -1.60. The fraction of sp³-hybridized carbons (Fsp3) is 0.800. The Bertz CT molecular complexity index is 462. The van der Waals surface area contributed by atoms with Gasteiger partial charge in [-0.2, -0.15) is 0 Å². The van der Waals surface area contributed by atoms with Crippen molar-refractivity contribution in [2.24, 2.45) is 11.1 Å². The van der Waals surface area contributed by atoms with Gasteiger partial charge in [-0.05, 0) is 12.8 Å². The normalized spacial score (nSPS) is 29.5. The second-order valence-electron chi connectivity index (χ2n) is 4.89. The zero-order chi connectivity index (χ0) is 13.3. The second-order valence-corrected chi connectivity index (χ2v) is 6.55. The van der Waals surface area contributed by atoms with Crippen LogP contribution in [-0.2, 0) is 19.6 Å². The van der Waals surface area contributed by atoms with E-state index >= 15 is 0 Å². The highest BCUT2D eigenvalue weighted by atomic mass is 32.2. The van der Waals surface area contributed by atoms with Gasteiger partial charge in [0.05, 0.1) is 5.75 Å². The summed E-state index contributed by atoms with van der Waals surface area (Å²) in [7, 11) is -3.58. The molecule has 2 atom stereocenters. The lowest BCUT2D eigenvalue weighted by molar-refractivity contribution is -0.138. The molecule has 0 aromatic carbocycles. The van der Waals surface area contributed by atoms with E-state index in [0.29, 0.717) is 19.5 Å². The summed E-state index contributed by atoms with van der Waals surface area (Å²) in [6, 6.07) is -0.447. The maximum atomic E-state index is 11.8. The molecule has 2 aliphatic rings. The molecule has 2 rings (SSSR count). The third-order valence-corrected chi connectivity index (χ3v) is 4.28. The maximum absolute atomic E-state index is 11.8. The first-order chi connectivity index (χ1) is 8.37. The zero-order valence-electron chi connectivity index (χ0n) is 9.96. The van der Waals surface area contributed by atoms with E-state index in [1.807, 2.05) is 0 Å². The molecule has 0 bridgehead atoms. The van der Waals surface area contributed by atoms with Crippen molar-refractivity contribution in [3.8, 4) is 0 Å². The molecule has 2 heterocycles. The lowest BCUT2D eigenvalue weighted by Crippen LogP contribution is -2.51. The van der Waals surface area contributed by atoms with E-state index in [9.17, 15) is 18.0 Å². The van der Waals surface area contributed by atoms with Gasteiger partial charge in [0.1, 0.15) is 6.04 Å². The molecule has 2 aliphatic heterocycles. The molecule has 8 heteroatoms. The van der Waals surface area contributed by atoms with Crippen LogP contribution in [0.4, 0.5) is 0 Å². The van der Waals surface area contributed by atoms with E-state index in [-0.39, 0.29) is 29.9 Å². The number of primary sulfonamides is 1. The quantitative estimate of drug-likeness (QED) is 0.646. The van der Waals surface area contributed by atoms with Gasteiger partial charge in [-0.3, -0.25) is 9.59 Å². The van der Waals surface area contributed by atoms with Crippen LogP contribution in [-0.4, -0.2) is 50.0 Å². The summed E-state index contributed by atoms with van der Waals surface area (Å²) in [5.41, 5.74) is 0. The third kappa shape index (κ3) is 2.99. The molecular weight excluding hydrogens is 258 g/mol. The first-order valence-corrected chi connectivity index (χ1v) is 7.66. The Morgan fingerprint density at radius 1 is 1.39 bits per heavy atom. The molecule has 3 N–H and O–H groups in total. The Hall–Kier alpha value is -1.15. The molecule has 2 fully saturated rings. The van der Waals surface area contributed by atoms with Crippen molar-refractivity contribution in [1.29, 1.82) is 0 Å². The van der Waals surface area contributed by atoms with Crippen molar-refractivity contribution in [3.63, 3.8) is 0 Å². The molecule has 0 radical (unpaired) electrons. The molecule has 0 saturated carbocycles. The Balaban J connectivity index is 2.02. The van der Waals surface area contributed by atoms with Crippen LogP contribution in [0.3, 0.4) is 0 Å². The van der Waals surface area contributed by atoms with Gasteiger partial charge >= 0.3 is 0 Å². The zero-order valence-corrected chi connectivity index (χ0v) is 10.8. The number of likely N-dealkylation sites (tertiary alicyclic amines) is 1. The number of nitrogens with one attached hydrogen (secondary N) is 1. The summed E-state index contributed by atoms with van der Waals surface area (Å²) >= 11 is 0. The number of amides is 2. The van der Waals surface area contributed by atoms with Gasteiger partial charge in [-0.15, -0.1) is 0 Å². The molecule has 102 valence electrons. The number of rotatable bonds is 3. The molecule has 2 amide bonds. The smallest absolute Gasteiger partial charge is 0.242 e. The number of nitrogens with zero attached hydrogens (tertiary/aromatic N) is 1. The highest BCUT2D eigenvalue weighted by molar-refractivity contribution is 7.89. The molecule has 0 spiro atoms. The van der Waals surface area contributed by atoms with E-state index in [0.717, 1.165) is 6.42 Å². The SMILES string of the molecule is NS(=O)(=O)CC1CC(=O)N(C2CCCNC2=O)C1. The van der Waals surface area contributed by atoms with Crippen molar-refractivity contribution in [1.82, 2.24) is 10.2 Å². The van der Waals surface area contributed by atoms with Crippen LogP contribution >= 0.6 is 0 Å². The summed E-state index contributed by atoms with van der Waals surface area (Å²) in [6.07, 6.45) is 1.62. The molecule has 0 aromatic rings. The fourth-order valence-electron chi connectivity index (χ4n) is 2.60. The summed E-state index contributed by atoms with van der Waals surface area (Å²) in [4.78, 5) is 25.0. The minimum absolute atomic E-state index is 0.147. The minimum Gasteiger partial charge on any atom is -0.354 e. The third-order valence-electron chi connectivity index (χ3n) is 3.34. The van der Waals surface area contributed by atoms with Crippen LogP contribution < -0.4 is 10.5 Å². The topological polar surface area (TPSA) is 110 Å². The number of carbonyl (C=O) groups is 2. The van der Waals surface area contributed by atoms with Gasteiger partial charge in [0.25, 0.3) is 0 Å². The van der Waals surface area contributed by atoms with E-state index in [2.05, 4.69) is 5.32 Å². The van der Waals surface area contributed by atoms with Crippen LogP contribution in [0.15, 0.2) is 0 Å². The summed E-state index contributed by atoms with van der Waals surface area (Å²) in [5, 5.41) is 7.69. The molecule has 2 unspecified atom stereocenters. The fourth-order valence-corrected chi connectivity index (χ4v) is 3.48. The van der Waals surface area contributed by atoms with Crippen LogP contribution in [0.5, 0.6) is 0 Å². The standard InChI is InChI=1S/C10H17N3O4S/c11-18(16,17)6-7-4-9(14)13(5-7)8-2-1-3-12-10(8)15/h7-8H,1-6H2,(H,12,15)(H2,11,16,17). The van der Waals surface area contributed by atoms with E-state index < -0.39 is 16.1 Å². The lowest BCUT2D eigenvalue weighted by atomic mass is 10.1. The van der Waals surface area contributed by atoms with Crippen molar-refractivity contribution in [3.05, 3.63) is 0 Å². The van der Waals surface area contributed by atoms with Crippen molar-refractivity contribution in [2.45, 2.75) is 25.3 Å². The number of nitrogens with two attached hydrogens (primary N) is 1. The lowest BCUT2D eigenvalue weighted by Gasteiger charge is -2.30. The van der Waals surface area contributed by atoms with Gasteiger partial charge < -0.3 is 10.2 Å². The van der Waals surface area contributed by atoms with Crippen molar-refractivity contribution < 1.29 is 18.0 Å². The first kappa shape index (κ1) is 13.3. The molecule has 18 heavy (non-hydrogen) atoms. The van der Waals surface area contributed by atoms with Crippen LogP contribution in [0.25, 0.3) is 0 Å². The number of piperidine rings is 1. The predicted molar refractivity (Wildman–Crippen MR) is 63.8 cm³/mol. The molecular formula is C10H17N3O4S. The molecule has 2 saturated heterocycles. The highest BCUT2D eigenvalue weighted by Gasteiger charge is 2.39. The van der Waals surface area contributed by atoms with Gasteiger partial charge in [-0.1, -0.05) is 0 Å². The van der Waals surface area contributed by atoms with Gasteiger partial charge in [0.15, 0.2) is 0 Å². The van der Waals surface area contributed by atoms with Crippen molar-refractivity contribution in [2.75, 3.05) is 18.8 Å². The second kappa shape index (κ2) is 4.85. The summed E-state index contributed by atoms with van der Waals surface area (Å²) < 4.78 is 22.0. The minimum atomic E-state index is -3.58. The maximum Gasteiger partial charge on any atom is 0.242 e. The van der Waals surface area contributed by atoms with Crippen LogP contribution in [0.2, 0.25) is 0 Å². The van der Waals surface area contributed by atoms with Crippen LogP contribution in [0, 0.1) is 5.92 Å². The number of carbonyl (C=O) groups excluding carboxylic acids is 2. The summed E-state index contributed by atoms with van der Waals surface area (Å²) in [6.45, 7) is 0.936. The molecule has 7 nitrogen and oxygen atoms in total. The average Bonchev–Trinajstić information content (AvgIpc) is 2.57. The Kier molecular flexibility index (Phi) is 3.58. The van der Waals surface area contributed by atoms with E-state index in [4.69, 9.17) is 5.14 Å². The van der Waals surface area contributed by atoms with Crippen molar-refractivity contribution >= 4 is 21.8 Å². The summed E-state index contributed by atoms with van der Waals surface area (Å²) in [5.74, 6) is -0.817. The number of sulfonamides is 1. The van der Waals surface area contributed by atoms with Crippen LogP contribution in [0.1, 0.15) is 19.3 Å². The van der Waals surface area contributed by atoms with E-state index in [1.165, 1.54) is 4.90 Å². The monoisotopic (exact) mass is 275 g/mol. The Labute approximate surface area is 106 Å².